The molecule has 0 aliphatic carbocycles. The molecule has 4 aromatic rings. The molecule has 33 heavy (non-hydrogen) atoms. The van der Waals surface area contributed by atoms with E-state index in [1.165, 1.54) is 0 Å². The molecule has 0 aliphatic rings. The van der Waals surface area contributed by atoms with Crippen LogP contribution in [0.5, 0.6) is 17.2 Å². The topological polar surface area (TPSA) is 61.8 Å². The molecule has 0 N–H and O–H groups in total. The Morgan fingerprint density at radius 2 is 0.879 bits per heavy atom. The van der Waals surface area contributed by atoms with Crippen molar-refractivity contribution in [2.45, 2.75) is 16.7 Å². The minimum absolute atomic E-state index is 0.497. The van der Waals surface area contributed by atoms with E-state index in [1.807, 2.05) is 43.3 Å². The van der Waals surface area contributed by atoms with Gasteiger partial charge in [-0.1, -0.05) is 42.0 Å². The molecule has 0 saturated carbocycles. The van der Waals surface area contributed by atoms with Gasteiger partial charge in [0.05, 0.1) is 16.9 Å². The number of benzene rings is 4. The summed E-state index contributed by atoms with van der Waals surface area (Å²) in [7, 11) is 1.58. The predicted octanol–water partition coefficient (Wildman–Crippen LogP) is 5.87. The lowest BCUT2D eigenvalue weighted by Crippen LogP contribution is -2.01. The van der Waals surface area contributed by atoms with Crippen LogP contribution >= 0.6 is 0 Å². The molecule has 2 unspecified atom stereocenters. The summed E-state index contributed by atoms with van der Waals surface area (Å²) in [5, 5.41) is 0. The van der Waals surface area contributed by atoms with Crippen LogP contribution in [0.4, 0.5) is 0 Å². The van der Waals surface area contributed by atoms with Crippen LogP contribution in [0.2, 0.25) is 0 Å². The van der Waals surface area contributed by atoms with Crippen LogP contribution in [0, 0.1) is 6.92 Å². The number of rotatable bonds is 8. The first-order valence-corrected chi connectivity index (χ1v) is 12.3. The van der Waals surface area contributed by atoms with Crippen LogP contribution in [0.15, 0.2) is 107 Å². The van der Waals surface area contributed by atoms with E-state index in [1.54, 1.807) is 67.8 Å². The zero-order valence-corrected chi connectivity index (χ0v) is 19.7. The third kappa shape index (κ3) is 5.88. The van der Waals surface area contributed by atoms with Crippen LogP contribution in [0.25, 0.3) is 11.1 Å². The second kappa shape index (κ2) is 10.5. The Labute approximate surface area is 198 Å². The number of methoxy groups -OCH3 is 1. The largest absolute Gasteiger partial charge is 0.497 e. The second-order valence-corrected chi connectivity index (χ2v) is 9.39. The fraction of sp³-hybridized carbons (Fsp3) is 0.0769. The first-order chi connectivity index (χ1) is 16.0. The summed E-state index contributed by atoms with van der Waals surface area (Å²) in [4.78, 5) is 1.13. The highest BCUT2D eigenvalue weighted by atomic mass is 32.2. The number of hydrogen-bond acceptors (Lipinski definition) is 5. The van der Waals surface area contributed by atoms with Crippen molar-refractivity contribution >= 4 is 22.2 Å². The van der Waals surface area contributed by atoms with Crippen LogP contribution < -0.4 is 13.1 Å². The summed E-state index contributed by atoms with van der Waals surface area (Å²) in [6.45, 7) is 1.98. The Bertz CT molecular complexity index is 1250. The summed E-state index contributed by atoms with van der Waals surface area (Å²) in [6, 6.07) is 28.9. The monoisotopic (exact) mass is 478 g/mol. The van der Waals surface area contributed by atoms with Gasteiger partial charge in [0.25, 0.3) is 0 Å². The molecule has 5 nitrogen and oxygen atoms in total. The molecular weight excluding hydrogens is 456 g/mol. The van der Waals surface area contributed by atoms with E-state index in [-0.39, 0.29) is 0 Å². The molecule has 0 saturated heterocycles. The van der Waals surface area contributed by atoms with Crippen LogP contribution in [-0.4, -0.2) is 15.5 Å². The molecule has 0 amide bonds. The van der Waals surface area contributed by atoms with E-state index < -0.39 is 22.2 Å². The molecule has 0 radical (unpaired) electrons. The first kappa shape index (κ1) is 22.8. The number of aryl methyl sites for hydroxylation is 1. The van der Waals surface area contributed by atoms with E-state index in [2.05, 4.69) is 0 Å². The number of ether oxygens (including phenoxy) is 1. The average molecular weight is 479 g/mol. The summed E-state index contributed by atoms with van der Waals surface area (Å²) in [6.07, 6.45) is 0. The molecule has 4 rings (SSSR count). The van der Waals surface area contributed by atoms with Gasteiger partial charge >= 0.3 is 0 Å². The molecule has 0 heterocycles. The van der Waals surface area contributed by atoms with Gasteiger partial charge in [0.1, 0.15) is 17.2 Å². The fourth-order valence-corrected chi connectivity index (χ4v) is 4.49. The Balaban J connectivity index is 1.39. The van der Waals surface area contributed by atoms with Gasteiger partial charge in [0.2, 0.25) is 22.2 Å². The first-order valence-electron chi connectivity index (χ1n) is 10.1. The predicted molar refractivity (Wildman–Crippen MR) is 130 cm³/mol. The van der Waals surface area contributed by atoms with Crippen molar-refractivity contribution in [1.29, 1.82) is 0 Å². The van der Waals surface area contributed by atoms with Crippen molar-refractivity contribution in [2.24, 2.45) is 0 Å². The van der Waals surface area contributed by atoms with Crippen LogP contribution in [-0.2, 0) is 22.2 Å². The van der Waals surface area contributed by atoms with Crippen molar-refractivity contribution in [3.8, 4) is 28.4 Å². The molecule has 0 spiro atoms. The smallest absolute Gasteiger partial charge is 0.240 e. The third-order valence-corrected chi connectivity index (χ3v) is 6.85. The van der Waals surface area contributed by atoms with Gasteiger partial charge in [-0.3, -0.25) is 0 Å². The third-order valence-electron chi connectivity index (χ3n) is 4.85. The van der Waals surface area contributed by atoms with Gasteiger partial charge in [-0.25, -0.2) is 8.42 Å². The van der Waals surface area contributed by atoms with E-state index in [4.69, 9.17) is 13.1 Å². The minimum atomic E-state index is -1.63. The lowest BCUT2D eigenvalue weighted by molar-refractivity contribution is 0.414. The lowest BCUT2D eigenvalue weighted by Gasteiger charge is -2.08. The molecule has 7 heteroatoms. The van der Waals surface area contributed by atoms with Gasteiger partial charge in [0, 0.05) is 0 Å². The Morgan fingerprint density at radius 3 is 1.33 bits per heavy atom. The maximum atomic E-state index is 12.5. The van der Waals surface area contributed by atoms with E-state index in [0.717, 1.165) is 16.7 Å². The highest BCUT2D eigenvalue weighted by Gasteiger charge is 2.09. The van der Waals surface area contributed by atoms with Crippen LogP contribution in [0.3, 0.4) is 0 Å². The van der Waals surface area contributed by atoms with Gasteiger partial charge in [-0.15, -0.1) is 0 Å². The number of hydrogen-bond donors (Lipinski definition) is 0. The molecule has 0 aromatic heterocycles. The molecule has 168 valence electrons. The maximum Gasteiger partial charge on any atom is 0.240 e. The fourth-order valence-electron chi connectivity index (χ4n) is 3.01. The normalized spacial score (nSPS) is 12.5. The standard InChI is InChI=1S/C26H22O5S2/c1-19-3-9-23(10-4-19)30-32(27)25-15-7-21(8-16-25)20-5-11-24(12-6-20)31-33(28)26-17-13-22(29-2)14-18-26/h3-18H,1-2H3. The van der Waals surface area contributed by atoms with Crippen molar-refractivity contribution in [3.63, 3.8) is 0 Å². The highest BCUT2D eigenvalue weighted by molar-refractivity contribution is 7.80. The van der Waals surface area contributed by atoms with Crippen molar-refractivity contribution in [2.75, 3.05) is 7.11 Å². The average Bonchev–Trinajstić information content (AvgIpc) is 2.86. The van der Waals surface area contributed by atoms with Gasteiger partial charge in [0.15, 0.2) is 0 Å². The Morgan fingerprint density at radius 1 is 0.515 bits per heavy atom. The van der Waals surface area contributed by atoms with Gasteiger partial charge in [-0.2, -0.15) is 0 Å². The van der Waals surface area contributed by atoms with Gasteiger partial charge in [-0.05, 0) is 78.7 Å². The molecule has 0 fully saturated rings. The molecular formula is C26H22O5S2. The summed E-state index contributed by atoms with van der Waals surface area (Å²) < 4.78 is 41.1. The molecule has 0 bridgehead atoms. The Hall–Kier alpha value is -3.42. The quantitative estimate of drug-likeness (QED) is 0.317. The van der Waals surface area contributed by atoms with Crippen LogP contribution in [0.1, 0.15) is 5.56 Å². The SMILES string of the molecule is COc1ccc(S(=O)Oc2ccc(-c3ccc(S(=O)Oc4ccc(C)cc4)cc3)cc2)cc1. The molecule has 0 aliphatic heterocycles. The van der Waals surface area contributed by atoms with E-state index in [0.29, 0.717) is 27.0 Å². The molecule has 4 aromatic carbocycles. The second-order valence-electron chi connectivity index (χ2n) is 7.17. The summed E-state index contributed by atoms with van der Waals surface area (Å²) in [5.74, 6) is 1.75. The zero-order chi connectivity index (χ0) is 23.2. The van der Waals surface area contributed by atoms with Gasteiger partial charge < -0.3 is 13.1 Å². The summed E-state index contributed by atoms with van der Waals surface area (Å²) >= 11 is -3.22. The lowest BCUT2D eigenvalue weighted by atomic mass is 10.1. The Kier molecular flexibility index (Phi) is 7.22. The molecule has 2 atom stereocenters. The van der Waals surface area contributed by atoms with Crippen molar-refractivity contribution in [1.82, 2.24) is 0 Å². The van der Waals surface area contributed by atoms with Crippen molar-refractivity contribution < 1.29 is 21.5 Å². The van der Waals surface area contributed by atoms with E-state index >= 15 is 0 Å². The zero-order valence-electron chi connectivity index (χ0n) is 18.1. The maximum absolute atomic E-state index is 12.5. The minimum Gasteiger partial charge on any atom is -0.497 e. The summed E-state index contributed by atoms with van der Waals surface area (Å²) in [5.41, 5.74) is 3.02. The van der Waals surface area contributed by atoms with Crippen molar-refractivity contribution in [3.05, 3.63) is 103 Å². The highest BCUT2D eigenvalue weighted by Crippen LogP contribution is 2.25. The van der Waals surface area contributed by atoms with E-state index in [9.17, 15) is 8.42 Å².